The predicted molar refractivity (Wildman–Crippen MR) is 79.9 cm³/mol. The van der Waals surface area contributed by atoms with E-state index in [1.165, 1.54) is 13.0 Å². The van der Waals surface area contributed by atoms with Crippen molar-refractivity contribution in [3.8, 4) is 5.75 Å². The Morgan fingerprint density at radius 3 is 2.50 bits per heavy atom. The van der Waals surface area contributed by atoms with Gasteiger partial charge in [0.05, 0.1) is 10.0 Å². The number of rotatable bonds is 4. The molecule has 116 valence electrons. The largest absolute Gasteiger partial charge is 0.488 e. The number of halogens is 4. The number of hydrogen-bond donors (Lipinski definition) is 0. The molecule has 0 bridgehead atoms. The summed E-state index contributed by atoms with van der Waals surface area (Å²) in [5.74, 6) is 0.249. The third-order valence-electron chi connectivity index (χ3n) is 2.99. The highest BCUT2D eigenvalue weighted by molar-refractivity contribution is 9.10. The zero-order valence-electron chi connectivity index (χ0n) is 11.6. The molecule has 0 radical (unpaired) electrons. The minimum absolute atomic E-state index is 0.0578. The van der Waals surface area contributed by atoms with E-state index in [1.54, 1.807) is 24.3 Å². The van der Waals surface area contributed by atoms with Crippen LogP contribution in [-0.4, -0.2) is 5.78 Å². The lowest BCUT2D eigenvalue weighted by molar-refractivity contribution is -0.137. The van der Waals surface area contributed by atoms with Crippen molar-refractivity contribution in [3.63, 3.8) is 0 Å². The van der Waals surface area contributed by atoms with Gasteiger partial charge in [0.25, 0.3) is 0 Å². The molecule has 0 saturated heterocycles. The van der Waals surface area contributed by atoms with Gasteiger partial charge in [-0.25, -0.2) is 0 Å². The first-order valence-electron chi connectivity index (χ1n) is 6.37. The molecular formula is C16H12BrF3O2. The monoisotopic (exact) mass is 372 g/mol. The number of carbonyl (C=O) groups excluding carboxylic acids is 1. The van der Waals surface area contributed by atoms with Crippen molar-refractivity contribution in [2.75, 3.05) is 0 Å². The minimum Gasteiger partial charge on any atom is -0.488 e. The number of benzene rings is 2. The van der Waals surface area contributed by atoms with Gasteiger partial charge in [-0.05, 0) is 52.7 Å². The second-order valence-electron chi connectivity index (χ2n) is 4.69. The normalized spacial score (nSPS) is 11.3. The van der Waals surface area contributed by atoms with Gasteiger partial charge in [0.2, 0.25) is 0 Å². The van der Waals surface area contributed by atoms with E-state index in [4.69, 9.17) is 4.74 Å². The van der Waals surface area contributed by atoms with Gasteiger partial charge in [-0.3, -0.25) is 4.79 Å². The topological polar surface area (TPSA) is 26.3 Å². The summed E-state index contributed by atoms with van der Waals surface area (Å²) in [6.45, 7) is 1.62. The van der Waals surface area contributed by atoms with Gasteiger partial charge in [0.15, 0.2) is 5.78 Å². The Kier molecular flexibility index (Phi) is 4.90. The molecule has 0 atom stereocenters. The second-order valence-corrected chi connectivity index (χ2v) is 5.54. The molecule has 0 aliphatic heterocycles. The molecule has 0 aliphatic rings. The Balaban J connectivity index is 2.12. The van der Waals surface area contributed by atoms with Crippen molar-refractivity contribution in [1.82, 2.24) is 0 Å². The molecule has 22 heavy (non-hydrogen) atoms. The maximum atomic E-state index is 12.6. The van der Waals surface area contributed by atoms with Crippen LogP contribution in [0.4, 0.5) is 13.2 Å². The average molecular weight is 373 g/mol. The summed E-state index contributed by atoms with van der Waals surface area (Å²) in [5.41, 5.74) is 0.581. The molecule has 0 aliphatic carbocycles. The van der Waals surface area contributed by atoms with Crippen molar-refractivity contribution >= 4 is 21.7 Å². The molecule has 0 N–H and O–H groups in total. The van der Waals surface area contributed by atoms with Crippen LogP contribution in [0.1, 0.15) is 28.4 Å². The molecule has 2 nitrogen and oxygen atoms in total. The first-order chi connectivity index (χ1) is 10.3. The zero-order chi connectivity index (χ0) is 16.3. The molecule has 2 aromatic rings. The van der Waals surface area contributed by atoms with E-state index in [0.29, 0.717) is 11.3 Å². The molecule has 0 spiro atoms. The fraction of sp³-hybridized carbons (Fsp3) is 0.188. The van der Waals surface area contributed by atoms with Gasteiger partial charge in [0, 0.05) is 5.56 Å². The van der Waals surface area contributed by atoms with Gasteiger partial charge < -0.3 is 4.74 Å². The summed E-state index contributed by atoms with van der Waals surface area (Å²) < 4.78 is 43.5. The fourth-order valence-corrected chi connectivity index (χ4v) is 2.33. The number of Topliss-reactive ketones (excluding diaryl/α,β-unsaturated/α-hetero) is 1. The summed E-state index contributed by atoms with van der Waals surface area (Å²) in [6, 6.07) is 10.1. The molecule has 0 unspecified atom stereocenters. The summed E-state index contributed by atoms with van der Waals surface area (Å²) in [6.07, 6.45) is -4.39. The Morgan fingerprint density at radius 2 is 1.91 bits per heavy atom. The van der Waals surface area contributed by atoms with Crippen LogP contribution < -0.4 is 4.74 Å². The quantitative estimate of drug-likeness (QED) is 0.685. The van der Waals surface area contributed by atoms with E-state index >= 15 is 0 Å². The summed E-state index contributed by atoms with van der Waals surface area (Å²) in [5, 5.41) is 0. The van der Waals surface area contributed by atoms with Gasteiger partial charge >= 0.3 is 6.18 Å². The number of carbonyl (C=O) groups is 1. The van der Waals surface area contributed by atoms with Crippen LogP contribution in [0.25, 0.3) is 0 Å². The highest BCUT2D eigenvalue weighted by atomic mass is 79.9. The number of alkyl halides is 3. The van der Waals surface area contributed by atoms with Crippen LogP contribution in [0.5, 0.6) is 5.75 Å². The van der Waals surface area contributed by atoms with Crippen molar-refractivity contribution < 1.29 is 22.7 Å². The molecule has 0 heterocycles. The summed E-state index contributed by atoms with van der Waals surface area (Å²) in [7, 11) is 0. The maximum Gasteiger partial charge on any atom is 0.416 e. The Labute approximate surface area is 134 Å². The molecule has 0 saturated carbocycles. The third-order valence-corrected chi connectivity index (χ3v) is 3.61. The smallest absolute Gasteiger partial charge is 0.416 e. The molecule has 0 aromatic heterocycles. The predicted octanol–water partition coefficient (Wildman–Crippen LogP) is 5.25. The fourth-order valence-electron chi connectivity index (χ4n) is 1.84. The number of ketones is 1. The molecular weight excluding hydrogens is 361 g/mol. The van der Waals surface area contributed by atoms with Crippen LogP contribution in [0.15, 0.2) is 46.9 Å². The molecule has 2 aromatic carbocycles. The second kappa shape index (κ2) is 6.52. The third kappa shape index (κ3) is 4.10. The first-order valence-corrected chi connectivity index (χ1v) is 7.16. The van der Waals surface area contributed by atoms with E-state index < -0.39 is 11.7 Å². The van der Waals surface area contributed by atoms with Crippen LogP contribution >= 0.6 is 15.9 Å². The maximum absolute atomic E-state index is 12.6. The lowest BCUT2D eigenvalue weighted by Gasteiger charge is -2.12. The Bertz CT molecular complexity index is 696. The molecule has 0 fully saturated rings. The van der Waals surface area contributed by atoms with Gasteiger partial charge in [-0.1, -0.05) is 18.2 Å². The first kappa shape index (κ1) is 16.5. The minimum atomic E-state index is -4.39. The van der Waals surface area contributed by atoms with Crippen molar-refractivity contribution in [1.29, 1.82) is 0 Å². The molecule has 0 amide bonds. The van der Waals surface area contributed by atoms with Gasteiger partial charge in [0.1, 0.15) is 12.4 Å². The zero-order valence-corrected chi connectivity index (χ0v) is 13.2. The van der Waals surface area contributed by atoms with Crippen LogP contribution in [-0.2, 0) is 12.8 Å². The van der Waals surface area contributed by atoms with E-state index in [0.717, 1.165) is 17.7 Å². The van der Waals surface area contributed by atoms with Crippen LogP contribution in [0.3, 0.4) is 0 Å². The van der Waals surface area contributed by atoms with Gasteiger partial charge in [-0.2, -0.15) is 13.2 Å². The average Bonchev–Trinajstić information content (AvgIpc) is 2.45. The lowest BCUT2D eigenvalue weighted by Crippen LogP contribution is -2.05. The van der Waals surface area contributed by atoms with Crippen molar-refractivity contribution in [2.45, 2.75) is 19.7 Å². The number of ether oxygens (including phenoxy) is 1. The van der Waals surface area contributed by atoms with E-state index in [-0.39, 0.29) is 16.9 Å². The Hall–Kier alpha value is -1.82. The molecule has 2 rings (SSSR count). The highest BCUT2D eigenvalue weighted by Crippen LogP contribution is 2.35. The van der Waals surface area contributed by atoms with Gasteiger partial charge in [-0.15, -0.1) is 0 Å². The van der Waals surface area contributed by atoms with Crippen LogP contribution in [0.2, 0.25) is 0 Å². The van der Waals surface area contributed by atoms with E-state index in [1.807, 2.05) is 0 Å². The van der Waals surface area contributed by atoms with E-state index in [2.05, 4.69) is 15.9 Å². The van der Waals surface area contributed by atoms with Crippen molar-refractivity contribution in [3.05, 3.63) is 63.6 Å². The highest BCUT2D eigenvalue weighted by Gasteiger charge is 2.30. The Morgan fingerprint density at radius 1 is 1.18 bits per heavy atom. The summed E-state index contributed by atoms with van der Waals surface area (Å²) in [4.78, 5) is 11.3. The lowest BCUT2D eigenvalue weighted by atomic mass is 10.1. The standard InChI is InChI=1S/C16H12BrF3O2/c1-10(21)12-4-2-3-11(7-12)9-22-15-6-5-13(8-14(15)17)16(18,19)20/h2-8H,9H2,1H3. The van der Waals surface area contributed by atoms with Crippen molar-refractivity contribution in [2.24, 2.45) is 0 Å². The molecule has 6 heteroatoms. The number of hydrogen-bond acceptors (Lipinski definition) is 2. The van der Waals surface area contributed by atoms with E-state index in [9.17, 15) is 18.0 Å². The summed E-state index contributed by atoms with van der Waals surface area (Å²) >= 11 is 3.07. The van der Waals surface area contributed by atoms with Crippen LogP contribution in [0, 0.1) is 0 Å². The SMILES string of the molecule is CC(=O)c1cccc(COc2ccc(C(F)(F)F)cc2Br)c1.